The van der Waals surface area contributed by atoms with E-state index in [0.29, 0.717) is 0 Å². The Labute approximate surface area is 93.8 Å². The Morgan fingerprint density at radius 3 is 2.20 bits per heavy atom. The summed E-state index contributed by atoms with van der Waals surface area (Å²) in [6.07, 6.45) is 14.3. The van der Waals surface area contributed by atoms with Crippen molar-refractivity contribution in [3.63, 3.8) is 0 Å². The molecular formula is C15H24. The molecule has 4 aliphatic carbocycles. The highest BCUT2D eigenvalue weighted by Gasteiger charge is 2.57. The van der Waals surface area contributed by atoms with E-state index in [4.69, 9.17) is 0 Å². The lowest BCUT2D eigenvalue weighted by molar-refractivity contribution is -0.105. The molecule has 4 fully saturated rings. The van der Waals surface area contributed by atoms with Crippen LogP contribution in [0.25, 0.3) is 0 Å². The summed E-state index contributed by atoms with van der Waals surface area (Å²) < 4.78 is 0. The molecule has 0 aromatic rings. The fraction of sp³-hybridized carbons (Fsp3) is 1.00. The molecule has 0 heterocycles. The van der Waals surface area contributed by atoms with Crippen LogP contribution in [0.3, 0.4) is 0 Å². The van der Waals surface area contributed by atoms with Crippen molar-refractivity contribution in [3.8, 4) is 0 Å². The lowest BCUT2D eigenvalue weighted by atomic mass is 9.46. The third-order valence-electron chi connectivity index (χ3n) is 6.50. The topological polar surface area (TPSA) is 0 Å². The maximum Gasteiger partial charge on any atom is -0.0321 e. The van der Waals surface area contributed by atoms with E-state index < -0.39 is 0 Å². The summed E-state index contributed by atoms with van der Waals surface area (Å²) in [7, 11) is 0. The summed E-state index contributed by atoms with van der Waals surface area (Å²) in [5.74, 6) is 7.20. The molecule has 0 aromatic heterocycles. The summed E-state index contributed by atoms with van der Waals surface area (Å²) in [4.78, 5) is 0. The quantitative estimate of drug-likeness (QED) is 0.553. The van der Waals surface area contributed by atoms with Crippen molar-refractivity contribution in [3.05, 3.63) is 0 Å². The van der Waals surface area contributed by atoms with E-state index in [1.165, 1.54) is 35.5 Å². The fourth-order valence-corrected chi connectivity index (χ4v) is 6.03. The number of rotatable bonds is 0. The number of fused-ring (bicyclic) bond motifs is 6. The molecule has 0 bridgehead atoms. The molecule has 15 heavy (non-hydrogen) atoms. The van der Waals surface area contributed by atoms with Crippen molar-refractivity contribution in [2.45, 2.75) is 57.8 Å². The van der Waals surface area contributed by atoms with Gasteiger partial charge in [-0.1, -0.05) is 25.7 Å². The average Bonchev–Trinajstić information content (AvgIpc) is 2.67. The van der Waals surface area contributed by atoms with E-state index in [9.17, 15) is 0 Å². The van der Waals surface area contributed by atoms with E-state index in [0.717, 1.165) is 0 Å². The van der Waals surface area contributed by atoms with Gasteiger partial charge in [-0.25, -0.2) is 0 Å². The first-order valence-corrected chi connectivity index (χ1v) is 7.45. The highest BCUT2D eigenvalue weighted by molar-refractivity contribution is 5.06. The zero-order valence-electron chi connectivity index (χ0n) is 9.83. The number of hydrogen-bond acceptors (Lipinski definition) is 0. The molecule has 0 aromatic carbocycles. The molecule has 0 aliphatic heterocycles. The first-order chi connectivity index (χ1) is 7.45. The van der Waals surface area contributed by atoms with Gasteiger partial charge in [0.05, 0.1) is 0 Å². The summed E-state index contributed by atoms with van der Waals surface area (Å²) in [5, 5.41) is 0. The van der Waals surface area contributed by atoms with E-state index in [2.05, 4.69) is 0 Å². The minimum absolute atomic E-state index is 1.17. The van der Waals surface area contributed by atoms with Crippen LogP contribution in [-0.2, 0) is 0 Å². The maximum atomic E-state index is 1.62. The minimum Gasteiger partial charge on any atom is -0.0530 e. The molecule has 4 saturated carbocycles. The number of hydrogen-bond donors (Lipinski definition) is 0. The normalized spacial score (nSPS) is 57.6. The second-order valence-corrected chi connectivity index (χ2v) is 6.79. The molecular weight excluding hydrogens is 180 g/mol. The van der Waals surface area contributed by atoms with Gasteiger partial charge in [0.1, 0.15) is 0 Å². The van der Waals surface area contributed by atoms with Gasteiger partial charge in [0.25, 0.3) is 0 Å². The molecule has 0 nitrogen and oxygen atoms in total. The van der Waals surface area contributed by atoms with Crippen molar-refractivity contribution in [2.24, 2.45) is 35.5 Å². The highest BCUT2D eigenvalue weighted by atomic mass is 14.6. The lowest BCUT2D eigenvalue weighted by Gasteiger charge is -2.59. The van der Waals surface area contributed by atoms with E-state index in [-0.39, 0.29) is 0 Å². The first kappa shape index (κ1) is 9.07. The van der Waals surface area contributed by atoms with E-state index in [1.54, 1.807) is 57.8 Å². The Bertz CT molecular complexity index is 257. The molecule has 0 radical (unpaired) electrons. The molecule has 0 spiro atoms. The second-order valence-electron chi connectivity index (χ2n) is 6.79. The van der Waals surface area contributed by atoms with Gasteiger partial charge in [-0.2, -0.15) is 0 Å². The maximum absolute atomic E-state index is 1.62. The second kappa shape index (κ2) is 3.25. The molecule has 0 heteroatoms. The Kier molecular flexibility index (Phi) is 1.96. The van der Waals surface area contributed by atoms with Gasteiger partial charge < -0.3 is 0 Å². The fourth-order valence-electron chi connectivity index (χ4n) is 6.03. The van der Waals surface area contributed by atoms with Gasteiger partial charge in [0.2, 0.25) is 0 Å². The van der Waals surface area contributed by atoms with Crippen LogP contribution < -0.4 is 0 Å². The van der Waals surface area contributed by atoms with Crippen molar-refractivity contribution < 1.29 is 0 Å². The van der Waals surface area contributed by atoms with Gasteiger partial charge in [-0.15, -0.1) is 0 Å². The predicted octanol–water partition coefficient (Wildman–Crippen LogP) is 4.25. The Morgan fingerprint density at radius 1 is 0.467 bits per heavy atom. The van der Waals surface area contributed by atoms with Crippen molar-refractivity contribution in [2.75, 3.05) is 0 Å². The molecule has 0 N–H and O–H groups in total. The predicted molar refractivity (Wildman–Crippen MR) is 62.5 cm³/mol. The first-order valence-electron chi connectivity index (χ1n) is 7.45. The van der Waals surface area contributed by atoms with Crippen molar-refractivity contribution in [1.82, 2.24) is 0 Å². The zero-order chi connectivity index (χ0) is 9.83. The molecule has 4 rings (SSSR count). The smallest absolute Gasteiger partial charge is 0.0321 e. The summed E-state index contributed by atoms with van der Waals surface area (Å²) in [6.45, 7) is 0. The summed E-state index contributed by atoms with van der Waals surface area (Å²) in [6, 6.07) is 0. The van der Waals surface area contributed by atoms with Crippen LogP contribution in [0.5, 0.6) is 0 Å². The minimum atomic E-state index is 1.17. The monoisotopic (exact) mass is 204 g/mol. The Hall–Kier alpha value is 0. The van der Waals surface area contributed by atoms with Crippen LogP contribution >= 0.6 is 0 Å². The van der Waals surface area contributed by atoms with Crippen LogP contribution in [0, 0.1) is 35.5 Å². The van der Waals surface area contributed by atoms with Gasteiger partial charge in [-0.3, -0.25) is 0 Å². The molecule has 84 valence electrons. The highest BCUT2D eigenvalue weighted by Crippen LogP contribution is 2.65. The van der Waals surface area contributed by atoms with Gasteiger partial charge in [-0.05, 0) is 67.6 Å². The van der Waals surface area contributed by atoms with E-state index >= 15 is 0 Å². The van der Waals surface area contributed by atoms with Gasteiger partial charge in [0, 0.05) is 0 Å². The zero-order valence-corrected chi connectivity index (χ0v) is 9.83. The van der Waals surface area contributed by atoms with Crippen molar-refractivity contribution >= 4 is 0 Å². The van der Waals surface area contributed by atoms with Crippen LogP contribution in [0.2, 0.25) is 0 Å². The van der Waals surface area contributed by atoms with Gasteiger partial charge in [0.15, 0.2) is 0 Å². The third-order valence-corrected chi connectivity index (χ3v) is 6.50. The molecule has 6 atom stereocenters. The van der Waals surface area contributed by atoms with Crippen LogP contribution in [-0.4, -0.2) is 0 Å². The van der Waals surface area contributed by atoms with Crippen LogP contribution in [0.15, 0.2) is 0 Å². The van der Waals surface area contributed by atoms with Crippen molar-refractivity contribution in [1.29, 1.82) is 0 Å². The average molecular weight is 204 g/mol. The Balaban J connectivity index is 1.58. The van der Waals surface area contributed by atoms with Crippen LogP contribution in [0.1, 0.15) is 57.8 Å². The lowest BCUT2D eigenvalue weighted by Crippen LogP contribution is -2.52. The molecule has 6 unspecified atom stereocenters. The van der Waals surface area contributed by atoms with Crippen LogP contribution in [0.4, 0.5) is 0 Å². The molecule has 0 saturated heterocycles. The summed E-state index contributed by atoms with van der Waals surface area (Å²) >= 11 is 0. The summed E-state index contributed by atoms with van der Waals surface area (Å²) in [5.41, 5.74) is 0. The SMILES string of the molecule is C1CCC2C(C1)CCC1C3CCCC3C21. The van der Waals surface area contributed by atoms with E-state index in [1.807, 2.05) is 0 Å². The standard InChI is InChI=1S/C15H24/c1-2-5-11-10(4-1)8-9-14-12-6-3-7-13(12)15(11)14/h10-15H,1-9H2. The molecule has 4 aliphatic rings. The third kappa shape index (κ3) is 1.14. The largest absolute Gasteiger partial charge is 0.0530 e. The molecule has 0 amide bonds. The Morgan fingerprint density at radius 2 is 1.20 bits per heavy atom. The van der Waals surface area contributed by atoms with Gasteiger partial charge >= 0.3 is 0 Å².